The average Bonchev–Trinajstić information content (AvgIpc) is 2.87. The molecule has 0 bridgehead atoms. The number of aryl methyl sites for hydroxylation is 2. The van der Waals surface area contributed by atoms with Gasteiger partial charge < -0.3 is 9.13 Å². The second-order valence-corrected chi connectivity index (χ2v) is 6.65. The van der Waals surface area contributed by atoms with Crippen LogP contribution < -0.4 is 0 Å². The summed E-state index contributed by atoms with van der Waals surface area (Å²) in [6.45, 7) is 4.14. The van der Waals surface area contributed by atoms with Crippen molar-refractivity contribution < 1.29 is 8.42 Å². The van der Waals surface area contributed by atoms with Gasteiger partial charge in [0, 0.05) is 30.3 Å². The fourth-order valence-electron chi connectivity index (χ4n) is 1.71. The summed E-state index contributed by atoms with van der Waals surface area (Å²) in [5.74, 6) is 2.15. The molecule has 104 valence electrons. The minimum atomic E-state index is -3.81. The van der Waals surface area contributed by atoms with Crippen molar-refractivity contribution in [2.75, 3.05) is 0 Å². The van der Waals surface area contributed by atoms with Gasteiger partial charge in [-0.2, -0.15) is 0 Å². The van der Waals surface area contributed by atoms with Crippen LogP contribution in [0, 0.1) is 6.92 Å². The van der Waals surface area contributed by atoms with Gasteiger partial charge in [0.15, 0.2) is 10.9 Å². The van der Waals surface area contributed by atoms with Crippen LogP contribution in [0.2, 0.25) is 0 Å². The zero-order valence-corrected chi connectivity index (χ0v) is 12.4. The molecule has 2 heterocycles. The summed E-state index contributed by atoms with van der Waals surface area (Å²) in [5.41, 5.74) is 0. The van der Waals surface area contributed by atoms with Gasteiger partial charge in [0.2, 0.25) is 0 Å². The molecule has 0 saturated heterocycles. The Morgan fingerprint density at radius 2 is 2.00 bits per heavy atom. The molecule has 0 radical (unpaired) electrons. The Morgan fingerprint density at radius 3 is 2.47 bits per heavy atom. The number of hydrogen-bond donors (Lipinski definition) is 0. The first-order valence-corrected chi connectivity index (χ1v) is 7.99. The predicted octanol–water partition coefficient (Wildman–Crippen LogP) is 0.858. The minimum Gasteiger partial charge on any atom is -0.326 e. The van der Waals surface area contributed by atoms with E-state index in [0.29, 0.717) is 18.8 Å². The van der Waals surface area contributed by atoms with Crippen LogP contribution in [0.4, 0.5) is 0 Å². The number of hydrogen-bond acceptors (Lipinski definition) is 5. The van der Waals surface area contributed by atoms with E-state index in [-0.39, 0.29) is 5.03 Å². The highest BCUT2D eigenvalue weighted by atomic mass is 35.7. The summed E-state index contributed by atoms with van der Waals surface area (Å²) in [6, 6.07) is 0. The van der Waals surface area contributed by atoms with Crippen molar-refractivity contribution in [3.63, 3.8) is 0 Å². The fraction of sp³-hybridized carbons (Fsp3) is 0.500. The topological polar surface area (TPSA) is 82.7 Å². The molecular weight excluding hydrogens is 290 g/mol. The summed E-state index contributed by atoms with van der Waals surface area (Å²) in [6.07, 6.45) is 2.02. The van der Waals surface area contributed by atoms with E-state index in [0.717, 1.165) is 11.6 Å². The van der Waals surface area contributed by atoms with Crippen LogP contribution in [-0.4, -0.2) is 32.7 Å². The zero-order chi connectivity index (χ0) is 14.2. The van der Waals surface area contributed by atoms with Crippen LogP contribution in [-0.2, 0) is 29.1 Å². The minimum absolute atomic E-state index is 0.134. The molecule has 0 aliphatic rings. The van der Waals surface area contributed by atoms with E-state index >= 15 is 0 Å². The monoisotopic (exact) mass is 303 g/mol. The van der Waals surface area contributed by atoms with E-state index in [1.807, 2.05) is 25.5 Å². The Morgan fingerprint density at radius 1 is 1.32 bits per heavy atom. The highest BCUT2D eigenvalue weighted by molar-refractivity contribution is 8.13. The lowest BCUT2D eigenvalue weighted by Gasteiger charge is -2.05. The molecule has 0 unspecified atom stereocenters. The molecule has 0 amide bonds. The zero-order valence-electron chi connectivity index (χ0n) is 10.8. The molecule has 0 saturated carbocycles. The molecule has 2 rings (SSSR count). The van der Waals surface area contributed by atoms with Gasteiger partial charge in [-0.25, -0.2) is 13.4 Å². The first-order valence-electron chi connectivity index (χ1n) is 5.68. The molecular formula is C10H14ClN5O2S. The van der Waals surface area contributed by atoms with Crippen LogP contribution in [0.5, 0.6) is 0 Å². The Bertz CT molecular complexity index is 704. The van der Waals surface area contributed by atoms with E-state index in [4.69, 9.17) is 10.7 Å². The van der Waals surface area contributed by atoms with E-state index in [1.54, 1.807) is 4.57 Å². The largest absolute Gasteiger partial charge is 0.326 e. The predicted molar refractivity (Wildman–Crippen MR) is 69.5 cm³/mol. The molecule has 9 heteroatoms. The lowest BCUT2D eigenvalue weighted by Crippen LogP contribution is -2.08. The van der Waals surface area contributed by atoms with Crippen LogP contribution in [0.15, 0.2) is 11.2 Å². The third-order valence-corrected chi connectivity index (χ3v) is 4.07. The Labute approximate surface area is 115 Å². The van der Waals surface area contributed by atoms with E-state index < -0.39 is 9.05 Å². The summed E-state index contributed by atoms with van der Waals surface area (Å²) in [5, 5.41) is 7.86. The summed E-state index contributed by atoms with van der Waals surface area (Å²) >= 11 is 0. The number of aromatic nitrogens is 5. The Balaban J connectivity index is 2.40. The van der Waals surface area contributed by atoms with Gasteiger partial charge in [0.1, 0.15) is 11.6 Å². The second kappa shape index (κ2) is 4.93. The van der Waals surface area contributed by atoms with Crippen LogP contribution in [0.1, 0.15) is 24.4 Å². The number of rotatable bonds is 4. The second-order valence-electron chi connectivity index (χ2n) is 4.14. The molecule has 0 N–H and O–H groups in total. The fourth-order valence-corrected chi connectivity index (χ4v) is 2.40. The Kier molecular flexibility index (Phi) is 3.64. The maximum atomic E-state index is 11.3. The molecule has 0 atom stereocenters. The molecule has 7 nitrogen and oxygen atoms in total. The lowest BCUT2D eigenvalue weighted by molar-refractivity contribution is 0.606. The smallest absolute Gasteiger partial charge is 0.280 e. The average molecular weight is 304 g/mol. The van der Waals surface area contributed by atoms with Gasteiger partial charge in [-0.15, -0.1) is 10.2 Å². The standard InChI is InChI=1S/C10H14ClN5O2S/c1-4-8-12-10(19(11,17)18)6-16(8)5-9-14-13-7(2)15(9)3/h6H,4-5H2,1-3H3. The van der Waals surface area contributed by atoms with Gasteiger partial charge in [0.05, 0.1) is 6.54 Å². The van der Waals surface area contributed by atoms with Gasteiger partial charge in [-0.3, -0.25) is 0 Å². The number of halogens is 1. The quantitative estimate of drug-likeness (QED) is 0.782. The Hall–Kier alpha value is -1.41. The third kappa shape index (κ3) is 2.79. The molecule has 2 aromatic heterocycles. The summed E-state index contributed by atoms with van der Waals surface area (Å²) in [7, 11) is 3.34. The molecule has 19 heavy (non-hydrogen) atoms. The van der Waals surface area contributed by atoms with Crippen molar-refractivity contribution in [1.82, 2.24) is 24.3 Å². The van der Waals surface area contributed by atoms with E-state index in [9.17, 15) is 8.42 Å². The SMILES string of the molecule is CCc1nc(S(=O)(=O)Cl)cn1Cc1nnc(C)n1C. The van der Waals surface area contributed by atoms with Gasteiger partial charge in [0.25, 0.3) is 9.05 Å². The van der Waals surface area contributed by atoms with Crippen molar-refractivity contribution in [3.8, 4) is 0 Å². The van der Waals surface area contributed by atoms with Gasteiger partial charge >= 0.3 is 0 Å². The normalized spacial score (nSPS) is 12.0. The molecule has 0 aliphatic carbocycles. The molecule has 2 aromatic rings. The lowest BCUT2D eigenvalue weighted by atomic mass is 10.4. The number of nitrogens with zero attached hydrogens (tertiary/aromatic N) is 5. The van der Waals surface area contributed by atoms with Gasteiger partial charge in [-0.1, -0.05) is 6.92 Å². The van der Waals surface area contributed by atoms with Crippen molar-refractivity contribution in [3.05, 3.63) is 23.7 Å². The van der Waals surface area contributed by atoms with E-state index in [1.165, 1.54) is 6.20 Å². The third-order valence-electron chi connectivity index (χ3n) is 2.90. The maximum Gasteiger partial charge on any atom is 0.280 e. The van der Waals surface area contributed by atoms with E-state index in [2.05, 4.69) is 15.2 Å². The van der Waals surface area contributed by atoms with Crippen molar-refractivity contribution in [1.29, 1.82) is 0 Å². The molecule has 0 spiro atoms. The van der Waals surface area contributed by atoms with Crippen molar-refractivity contribution >= 4 is 19.7 Å². The highest BCUT2D eigenvalue weighted by Crippen LogP contribution is 2.16. The van der Waals surface area contributed by atoms with Crippen LogP contribution in [0.25, 0.3) is 0 Å². The summed E-state index contributed by atoms with van der Waals surface area (Å²) < 4.78 is 26.2. The first-order chi connectivity index (χ1) is 8.82. The van der Waals surface area contributed by atoms with Gasteiger partial charge in [-0.05, 0) is 6.92 Å². The number of imidazole rings is 1. The molecule has 0 aromatic carbocycles. The van der Waals surface area contributed by atoms with Crippen LogP contribution in [0.3, 0.4) is 0 Å². The van der Waals surface area contributed by atoms with Crippen molar-refractivity contribution in [2.45, 2.75) is 31.8 Å². The maximum absolute atomic E-state index is 11.3. The summed E-state index contributed by atoms with van der Waals surface area (Å²) in [4.78, 5) is 4.02. The first kappa shape index (κ1) is 14.0. The molecule has 0 aliphatic heterocycles. The van der Waals surface area contributed by atoms with Crippen LogP contribution >= 0.6 is 10.7 Å². The van der Waals surface area contributed by atoms with Crippen molar-refractivity contribution in [2.24, 2.45) is 7.05 Å². The molecule has 0 fully saturated rings. The highest BCUT2D eigenvalue weighted by Gasteiger charge is 2.18.